The van der Waals surface area contributed by atoms with Crippen LogP contribution in [0.1, 0.15) is 24.8 Å². The van der Waals surface area contributed by atoms with Crippen LogP contribution in [0, 0.1) is 5.82 Å². The van der Waals surface area contributed by atoms with Crippen molar-refractivity contribution in [2.75, 3.05) is 27.2 Å². The highest BCUT2D eigenvalue weighted by Gasteiger charge is 2.22. The van der Waals surface area contributed by atoms with Gasteiger partial charge in [-0.1, -0.05) is 6.07 Å². The zero-order chi connectivity index (χ0) is 15.2. The molecule has 2 rings (SSSR count). The van der Waals surface area contributed by atoms with Crippen LogP contribution in [0.3, 0.4) is 0 Å². The zero-order valence-electron chi connectivity index (χ0n) is 13.1. The van der Waals surface area contributed by atoms with Crippen LogP contribution in [0.2, 0.25) is 0 Å². The van der Waals surface area contributed by atoms with Crippen LogP contribution in [-0.4, -0.2) is 44.1 Å². The maximum atomic E-state index is 13.6. The summed E-state index contributed by atoms with van der Waals surface area (Å²) in [6.07, 6.45) is 3.13. The van der Waals surface area contributed by atoms with Crippen molar-refractivity contribution < 1.29 is 13.9 Å². The fourth-order valence-electron chi connectivity index (χ4n) is 2.71. The summed E-state index contributed by atoms with van der Waals surface area (Å²) in [5, 5.41) is 3.23. The first-order chi connectivity index (χ1) is 10.1. The van der Waals surface area contributed by atoms with Crippen molar-refractivity contribution in [3.63, 3.8) is 0 Å². The standard InChI is InChI=1S/C16H23FN2O2.ClH/c1-18-13-4-3-9-19(11-13)16(20)8-6-12-5-7-15(21-2)14(17)10-12;/h5,7,10,13,18H,3-4,6,8-9,11H2,1-2H3;1H. The van der Waals surface area contributed by atoms with Gasteiger partial charge in [0.1, 0.15) is 0 Å². The molecule has 0 aliphatic carbocycles. The van der Waals surface area contributed by atoms with Crippen LogP contribution in [0.25, 0.3) is 0 Å². The monoisotopic (exact) mass is 330 g/mol. The van der Waals surface area contributed by atoms with Crippen LogP contribution in [0.4, 0.5) is 4.39 Å². The second-order valence-corrected chi connectivity index (χ2v) is 5.44. The molecule has 1 amide bonds. The second kappa shape index (κ2) is 8.96. The van der Waals surface area contributed by atoms with E-state index in [0.29, 0.717) is 18.9 Å². The first-order valence-corrected chi connectivity index (χ1v) is 7.41. The van der Waals surface area contributed by atoms with Crippen molar-refractivity contribution in [2.24, 2.45) is 0 Å². The minimum atomic E-state index is -0.379. The van der Waals surface area contributed by atoms with Gasteiger partial charge in [-0.15, -0.1) is 12.4 Å². The molecule has 0 spiro atoms. The van der Waals surface area contributed by atoms with Crippen molar-refractivity contribution in [2.45, 2.75) is 31.7 Å². The van der Waals surface area contributed by atoms with Gasteiger partial charge in [0.25, 0.3) is 0 Å². The van der Waals surface area contributed by atoms with E-state index in [9.17, 15) is 9.18 Å². The molecule has 1 aromatic rings. The van der Waals surface area contributed by atoms with E-state index in [2.05, 4.69) is 5.32 Å². The Bertz CT molecular complexity index is 499. The lowest BCUT2D eigenvalue weighted by atomic mass is 10.0. The minimum Gasteiger partial charge on any atom is -0.494 e. The van der Waals surface area contributed by atoms with Crippen LogP contribution in [-0.2, 0) is 11.2 Å². The molecule has 0 aromatic heterocycles. The summed E-state index contributed by atoms with van der Waals surface area (Å²) in [5.41, 5.74) is 0.823. The number of methoxy groups -OCH3 is 1. The van der Waals surface area contributed by atoms with E-state index in [-0.39, 0.29) is 29.9 Å². The Morgan fingerprint density at radius 2 is 2.27 bits per heavy atom. The number of carbonyl (C=O) groups excluding carboxylic acids is 1. The third-order valence-electron chi connectivity index (χ3n) is 4.03. The number of halogens is 2. The van der Waals surface area contributed by atoms with Crippen molar-refractivity contribution in [1.29, 1.82) is 0 Å². The number of aryl methyl sites for hydroxylation is 1. The molecule has 4 nitrogen and oxygen atoms in total. The van der Waals surface area contributed by atoms with Crippen LogP contribution in [0.5, 0.6) is 5.75 Å². The Labute approximate surface area is 137 Å². The lowest BCUT2D eigenvalue weighted by Gasteiger charge is -2.32. The van der Waals surface area contributed by atoms with Gasteiger partial charge in [0, 0.05) is 25.6 Å². The molecule has 1 unspecified atom stereocenters. The smallest absolute Gasteiger partial charge is 0.222 e. The Morgan fingerprint density at radius 1 is 1.50 bits per heavy atom. The quantitative estimate of drug-likeness (QED) is 0.901. The normalized spacial score (nSPS) is 17.8. The molecule has 1 aromatic carbocycles. The predicted molar refractivity (Wildman–Crippen MR) is 87.2 cm³/mol. The molecule has 1 saturated heterocycles. The van der Waals surface area contributed by atoms with Gasteiger partial charge in [0.05, 0.1) is 7.11 Å². The van der Waals surface area contributed by atoms with Crippen molar-refractivity contribution in [3.8, 4) is 5.75 Å². The van der Waals surface area contributed by atoms with Gasteiger partial charge in [-0.05, 0) is 44.0 Å². The summed E-state index contributed by atoms with van der Waals surface area (Å²) in [6.45, 7) is 1.60. The molecule has 1 fully saturated rings. The van der Waals surface area contributed by atoms with E-state index < -0.39 is 0 Å². The maximum absolute atomic E-state index is 13.6. The van der Waals surface area contributed by atoms with E-state index in [1.807, 2.05) is 18.0 Å². The van der Waals surface area contributed by atoms with Gasteiger partial charge in [-0.2, -0.15) is 0 Å². The van der Waals surface area contributed by atoms with Gasteiger partial charge >= 0.3 is 0 Å². The third-order valence-corrected chi connectivity index (χ3v) is 4.03. The number of hydrogen-bond acceptors (Lipinski definition) is 3. The average molecular weight is 331 g/mol. The highest BCUT2D eigenvalue weighted by atomic mass is 35.5. The summed E-state index contributed by atoms with van der Waals surface area (Å²) in [4.78, 5) is 14.1. The highest BCUT2D eigenvalue weighted by molar-refractivity contribution is 5.85. The SMILES string of the molecule is CNC1CCCN(C(=O)CCc2ccc(OC)c(F)c2)C1.Cl. The molecular weight excluding hydrogens is 307 g/mol. The summed E-state index contributed by atoms with van der Waals surface area (Å²) < 4.78 is 18.5. The molecule has 6 heteroatoms. The van der Waals surface area contributed by atoms with Crippen molar-refractivity contribution in [1.82, 2.24) is 10.2 Å². The van der Waals surface area contributed by atoms with Crippen molar-refractivity contribution >= 4 is 18.3 Å². The van der Waals surface area contributed by atoms with Crippen LogP contribution < -0.4 is 10.1 Å². The molecule has 22 heavy (non-hydrogen) atoms. The first kappa shape index (κ1) is 18.7. The molecule has 0 radical (unpaired) electrons. The molecule has 1 N–H and O–H groups in total. The van der Waals surface area contributed by atoms with Crippen LogP contribution in [0.15, 0.2) is 18.2 Å². The van der Waals surface area contributed by atoms with Crippen LogP contribution >= 0.6 is 12.4 Å². The molecule has 1 aliphatic heterocycles. The average Bonchev–Trinajstić information content (AvgIpc) is 2.52. The molecule has 1 aliphatic rings. The number of likely N-dealkylation sites (N-methyl/N-ethyl adjacent to an activating group) is 1. The van der Waals surface area contributed by atoms with Gasteiger partial charge in [-0.3, -0.25) is 4.79 Å². The Hall–Kier alpha value is -1.33. The molecular formula is C16H24ClFN2O2. The van der Waals surface area contributed by atoms with E-state index >= 15 is 0 Å². The Balaban J connectivity index is 0.00000242. The van der Waals surface area contributed by atoms with Gasteiger partial charge < -0.3 is 15.0 Å². The molecule has 0 saturated carbocycles. The number of amides is 1. The number of ether oxygens (including phenoxy) is 1. The van der Waals surface area contributed by atoms with Gasteiger partial charge in [-0.25, -0.2) is 4.39 Å². The number of piperidine rings is 1. The number of likely N-dealkylation sites (tertiary alicyclic amines) is 1. The van der Waals surface area contributed by atoms with Gasteiger partial charge in [0.15, 0.2) is 11.6 Å². The van der Waals surface area contributed by atoms with E-state index in [1.54, 1.807) is 6.07 Å². The molecule has 1 atom stereocenters. The lowest BCUT2D eigenvalue weighted by Crippen LogP contribution is -2.47. The van der Waals surface area contributed by atoms with Crippen molar-refractivity contribution in [3.05, 3.63) is 29.6 Å². The topological polar surface area (TPSA) is 41.6 Å². The first-order valence-electron chi connectivity index (χ1n) is 7.41. The Kier molecular flexibility index (Phi) is 7.62. The predicted octanol–water partition coefficient (Wildman–Crippen LogP) is 2.40. The Morgan fingerprint density at radius 3 is 2.91 bits per heavy atom. The highest BCUT2D eigenvalue weighted by Crippen LogP contribution is 2.19. The number of nitrogens with one attached hydrogen (secondary N) is 1. The molecule has 1 heterocycles. The number of benzene rings is 1. The third kappa shape index (κ3) is 4.85. The fraction of sp³-hybridized carbons (Fsp3) is 0.562. The zero-order valence-corrected chi connectivity index (χ0v) is 13.9. The lowest BCUT2D eigenvalue weighted by molar-refractivity contribution is -0.132. The summed E-state index contributed by atoms with van der Waals surface area (Å²) in [6, 6.07) is 5.24. The number of hydrogen-bond donors (Lipinski definition) is 1. The number of carbonyl (C=O) groups is 1. The minimum absolute atomic E-state index is 0. The van der Waals surface area contributed by atoms with Gasteiger partial charge in [0.2, 0.25) is 5.91 Å². The maximum Gasteiger partial charge on any atom is 0.222 e. The largest absolute Gasteiger partial charge is 0.494 e. The summed E-state index contributed by atoms with van der Waals surface area (Å²) >= 11 is 0. The number of rotatable bonds is 5. The summed E-state index contributed by atoms with van der Waals surface area (Å²) in [5.74, 6) is -0.000172. The molecule has 124 valence electrons. The fourth-order valence-corrected chi connectivity index (χ4v) is 2.71. The van der Waals surface area contributed by atoms with E-state index in [4.69, 9.17) is 4.74 Å². The summed E-state index contributed by atoms with van der Waals surface area (Å²) in [7, 11) is 3.37. The van der Waals surface area contributed by atoms with E-state index in [1.165, 1.54) is 13.2 Å². The number of nitrogens with zero attached hydrogens (tertiary/aromatic N) is 1. The second-order valence-electron chi connectivity index (χ2n) is 5.44. The molecule has 0 bridgehead atoms. The van der Waals surface area contributed by atoms with E-state index in [0.717, 1.165) is 31.5 Å².